The molecule has 1 aromatic carbocycles. The van der Waals surface area contributed by atoms with E-state index in [4.69, 9.17) is 5.73 Å². The van der Waals surface area contributed by atoms with Gasteiger partial charge in [-0.05, 0) is 37.8 Å². The van der Waals surface area contributed by atoms with Crippen LogP contribution in [-0.2, 0) is 5.54 Å². The second-order valence-corrected chi connectivity index (χ2v) is 5.33. The summed E-state index contributed by atoms with van der Waals surface area (Å²) in [6, 6.07) is 11.4. The van der Waals surface area contributed by atoms with Crippen LogP contribution in [0.15, 0.2) is 30.3 Å². The van der Waals surface area contributed by atoms with Crippen LogP contribution in [0.4, 0.5) is 0 Å². The summed E-state index contributed by atoms with van der Waals surface area (Å²) in [6.45, 7) is 2.29. The van der Waals surface area contributed by atoms with E-state index in [1.807, 2.05) is 0 Å². The first-order chi connectivity index (χ1) is 7.78. The molecule has 0 aliphatic carbocycles. The Bertz CT molecular complexity index is 362. The SMILES string of the molecule is NC1(c2ccccc2)CCC2CCCN2C1. The molecule has 2 fully saturated rings. The molecule has 2 unspecified atom stereocenters. The summed E-state index contributed by atoms with van der Waals surface area (Å²) in [5.41, 5.74) is 7.79. The van der Waals surface area contributed by atoms with Crippen molar-refractivity contribution in [3.8, 4) is 0 Å². The standard InChI is InChI=1S/C14H20N2/c15-14(12-5-2-1-3-6-12)9-8-13-7-4-10-16(13)11-14/h1-3,5-6,13H,4,7-11,15H2. The van der Waals surface area contributed by atoms with Crippen LogP contribution in [0.25, 0.3) is 0 Å². The molecule has 16 heavy (non-hydrogen) atoms. The number of piperidine rings is 1. The molecule has 2 N–H and O–H groups in total. The first kappa shape index (κ1) is 10.3. The van der Waals surface area contributed by atoms with Gasteiger partial charge < -0.3 is 5.73 Å². The molecule has 2 aliphatic heterocycles. The van der Waals surface area contributed by atoms with Crippen molar-refractivity contribution in [1.29, 1.82) is 0 Å². The highest BCUT2D eigenvalue weighted by Gasteiger charge is 2.39. The van der Waals surface area contributed by atoms with E-state index in [-0.39, 0.29) is 5.54 Å². The average molecular weight is 216 g/mol. The number of benzene rings is 1. The van der Waals surface area contributed by atoms with E-state index in [0.717, 1.165) is 19.0 Å². The molecule has 86 valence electrons. The van der Waals surface area contributed by atoms with Crippen LogP contribution in [0.2, 0.25) is 0 Å². The summed E-state index contributed by atoms with van der Waals surface area (Å²) in [4.78, 5) is 2.59. The van der Waals surface area contributed by atoms with Crippen molar-refractivity contribution >= 4 is 0 Å². The average Bonchev–Trinajstić information content (AvgIpc) is 2.77. The Morgan fingerprint density at radius 1 is 1.19 bits per heavy atom. The number of nitrogens with two attached hydrogens (primary N) is 1. The molecule has 0 aromatic heterocycles. The first-order valence-electron chi connectivity index (χ1n) is 6.36. The van der Waals surface area contributed by atoms with E-state index < -0.39 is 0 Å². The third-order valence-corrected chi connectivity index (χ3v) is 4.26. The fraction of sp³-hybridized carbons (Fsp3) is 0.571. The van der Waals surface area contributed by atoms with Gasteiger partial charge in [0.05, 0.1) is 5.54 Å². The summed E-state index contributed by atoms with van der Waals surface area (Å²) in [5.74, 6) is 0. The predicted octanol–water partition coefficient (Wildman–Crippen LogP) is 2.10. The van der Waals surface area contributed by atoms with Crippen molar-refractivity contribution in [2.24, 2.45) is 5.73 Å². The van der Waals surface area contributed by atoms with Crippen molar-refractivity contribution in [3.05, 3.63) is 35.9 Å². The van der Waals surface area contributed by atoms with Gasteiger partial charge in [-0.2, -0.15) is 0 Å². The van der Waals surface area contributed by atoms with E-state index in [9.17, 15) is 0 Å². The lowest BCUT2D eigenvalue weighted by Crippen LogP contribution is -2.53. The lowest BCUT2D eigenvalue weighted by atomic mass is 9.81. The number of rotatable bonds is 1. The number of hydrogen-bond acceptors (Lipinski definition) is 2. The van der Waals surface area contributed by atoms with Crippen molar-refractivity contribution in [1.82, 2.24) is 4.90 Å². The first-order valence-corrected chi connectivity index (χ1v) is 6.36. The smallest absolute Gasteiger partial charge is 0.0539 e. The molecule has 2 saturated heterocycles. The van der Waals surface area contributed by atoms with Gasteiger partial charge in [-0.3, -0.25) is 4.90 Å². The molecule has 2 heteroatoms. The van der Waals surface area contributed by atoms with E-state index in [1.54, 1.807) is 0 Å². The number of nitrogens with zero attached hydrogens (tertiary/aromatic N) is 1. The summed E-state index contributed by atoms with van der Waals surface area (Å²) >= 11 is 0. The van der Waals surface area contributed by atoms with Crippen LogP contribution in [0.1, 0.15) is 31.2 Å². The predicted molar refractivity (Wildman–Crippen MR) is 66.1 cm³/mol. The molecule has 1 aromatic rings. The van der Waals surface area contributed by atoms with Crippen LogP contribution >= 0.6 is 0 Å². The molecule has 2 atom stereocenters. The van der Waals surface area contributed by atoms with Gasteiger partial charge in [-0.25, -0.2) is 0 Å². The van der Waals surface area contributed by atoms with Crippen LogP contribution in [0.5, 0.6) is 0 Å². The maximum Gasteiger partial charge on any atom is 0.0539 e. The maximum atomic E-state index is 6.59. The zero-order valence-electron chi connectivity index (χ0n) is 9.73. The Hall–Kier alpha value is -0.860. The topological polar surface area (TPSA) is 29.3 Å². The van der Waals surface area contributed by atoms with E-state index in [0.29, 0.717) is 0 Å². The second kappa shape index (κ2) is 3.86. The lowest BCUT2D eigenvalue weighted by Gasteiger charge is -2.42. The molecule has 0 spiro atoms. The normalized spacial score (nSPS) is 34.9. The van der Waals surface area contributed by atoms with E-state index >= 15 is 0 Å². The fourth-order valence-electron chi connectivity index (χ4n) is 3.30. The summed E-state index contributed by atoms with van der Waals surface area (Å²) in [7, 11) is 0. The minimum Gasteiger partial charge on any atom is -0.320 e. The molecular weight excluding hydrogens is 196 g/mol. The molecule has 0 saturated carbocycles. The Morgan fingerprint density at radius 2 is 2.00 bits per heavy atom. The van der Waals surface area contributed by atoms with Gasteiger partial charge in [0.15, 0.2) is 0 Å². The van der Waals surface area contributed by atoms with Gasteiger partial charge in [0.25, 0.3) is 0 Å². The van der Waals surface area contributed by atoms with Gasteiger partial charge in [0.2, 0.25) is 0 Å². The summed E-state index contributed by atoms with van der Waals surface area (Å²) in [5, 5.41) is 0. The highest BCUT2D eigenvalue weighted by atomic mass is 15.2. The molecule has 2 nitrogen and oxygen atoms in total. The number of fused-ring (bicyclic) bond motifs is 1. The minimum absolute atomic E-state index is 0.109. The molecule has 0 radical (unpaired) electrons. The highest BCUT2D eigenvalue weighted by molar-refractivity contribution is 5.25. The van der Waals surface area contributed by atoms with Gasteiger partial charge in [-0.15, -0.1) is 0 Å². The second-order valence-electron chi connectivity index (χ2n) is 5.33. The fourth-order valence-corrected chi connectivity index (χ4v) is 3.30. The Morgan fingerprint density at radius 3 is 2.81 bits per heavy atom. The molecule has 2 aliphatic rings. The van der Waals surface area contributed by atoms with E-state index in [1.165, 1.54) is 31.4 Å². The van der Waals surface area contributed by atoms with Crippen LogP contribution in [0.3, 0.4) is 0 Å². The van der Waals surface area contributed by atoms with Crippen molar-refractivity contribution in [3.63, 3.8) is 0 Å². The quantitative estimate of drug-likeness (QED) is 0.779. The van der Waals surface area contributed by atoms with Crippen LogP contribution < -0.4 is 5.73 Å². The van der Waals surface area contributed by atoms with Crippen molar-refractivity contribution in [2.45, 2.75) is 37.3 Å². The van der Waals surface area contributed by atoms with Crippen molar-refractivity contribution in [2.75, 3.05) is 13.1 Å². The molecule has 0 amide bonds. The maximum absolute atomic E-state index is 6.59. The monoisotopic (exact) mass is 216 g/mol. The Kier molecular flexibility index (Phi) is 2.49. The van der Waals surface area contributed by atoms with Gasteiger partial charge >= 0.3 is 0 Å². The third kappa shape index (κ3) is 1.66. The van der Waals surface area contributed by atoms with Gasteiger partial charge in [0, 0.05) is 12.6 Å². The highest BCUT2D eigenvalue weighted by Crippen LogP contribution is 2.35. The summed E-state index contributed by atoms with van der Waals surface area (Å²) in [6.07, 6.45) is 5.14. The number of hydrogen-bond donors (Lipinski definition) is 1. The molecule has 0 bridgehead atoms. The molecule has 3 rings (SSSR count). The Labute approximate surface area is 97.4 Å². The van der Waals surface area contributed by atoms with Crippen LogP contribution in [0, 0.1) is 0 Å². The minimum atomic E-state index is -0.109. The molecular formula is C14H20N2. The van der Waals surface area contributed by atoms with E-state index in [2.05, 4.69) is 35.2 Å². The molecule has 2 heterocycles. The summed E-state index contributed by atoms with van der Waals surface area (Å²) < 4.78 is 0. The Balaban J connectivity index is 1.84. The van der Waals surface area contributed by atoms with Crippen molar-refractivity contribution < 1.29 is 0 Å². The zero-order valence-corrected chi connectivity index (χ0v) is 9.73. The van der Waals surface area contributed by atoms with Gasteiger partial charge in [-0.1, -0.05) is 30.3 Å². The van der Waals surface area contributed by atoms with Crippen LogP contribution in [-0.4, -0.2) is 24.0 Å². The largest absolute Gasteiger partial charge is 0.320 e. The third-order valence-electron chi connectivity index (χ3n) is 4.26. The lowest BCUT2D eigenvalue weighted by molar-refractivity contribution is 0.124. The zero-order chi connectivity index (χ0) is 11.0. The van der Waals surface area contributed by atoms with Gasteiger partial charge in [0.1, 0.15) is 0 Å².